The fraction of sp³-hybridized carbons (Fsp3) is 0.370. The SMILES string of the molecule is Cc1ccnc([C@H]2C[C@@H]2C(=O)Nc2cc(N(C)Cc3cn4cc(C5CC5)cc(NCC(N)=O)c4n3)ncn2)n1. The number of rotatable bonds is 10. The number of nitrogens with one attached hydrogen (secondary N) is 2. The van der Waals surface area contributed by atoms with Gasteiger partial charge in [-0.1, -0.05) is 0 Å². The van der Waals surface area contributed by atoms with Crippen LogP contribution in [0.4, 0.5) is 17.3 Å². The predicted octanol–water partition coefficient (Wildman–Crippen LogP) is 2.38. The summed E-state index contributed by atoms with van der Waals surface area (Å²) in [6, 6.07) is 5.65. The van der Waals surface area contributed by atoms with Gasteiger partial charge in [0.15, 0.2) is 5.65 Å². The van der Waals surface area contributed by atoms with Crippen molar-refractivity contribution in [2.24, 2.45) is 11.7 Å². The Morgan fingerprint density at radius 2 is 2.00 bits per heavy atom. The lowest BCUT2D eigenvalue weighted by atomic mass is 10.2. The maximum atomic E-state index is 12.8. The monoisotopic (exact) mass is 526 g/mol. The Bertz CT molecular complexity index is 1560. The van der Waals surface area contributed by atoms with Crippen LogP contribution >= 0.6 is 0 Å². The number of fused-ring (bicyclic) bond motifs is 1. The van der Waals surface area contributed by atoms with Crippen molar-refractivity contribution in [1.29, 1.82) is 0 Å². The van der Waals surface area contributed by atoms with Crippen molar-refractivity contribution in [3.05, 3.63) is 65.9 Å². The van der Waals surface area contributed by atoms with Gasteiger partial charge in [0.1, 0.15) is 23.8 Å². The maximum Gasteiger partial charge on any atom is 0.236 e. The van der Waals surface area contributed by atoms with E-state index in [1.54, 1.807) is 12.3 Å². The molecule has 12 heteroatoms. The molecule has 2 atom stereocenters. The van der Waals surface area contributed by atoms with Crippen LogP contribution in [0.5, 0.6) is 0 Å². The molecule has 2 saturated carbocycles. The summed E-state index contributed by atoms with van der Waals surface area (Å²) in [5, 5.41) is 6.04. The van der Waals surface area contributed by atoms with Gasteiger partial charge in [0.25, 0.3) is 0 Å². The molecule has 0 bridgehead atoms. The molecule has 0 aliphatic heterocycles. The number of amides is 2. The number of primary amides is 1. The number of carbonyl (C=O) groups excluding carboxylic acids is 2. The second-order valence-electron chi connectivity index (χ2n) is 10.4. The molecule has 0 saturated heterocycles. The number of carbonyl (C=O) groups is 2. The van der Waals surface area contributed by atoms with Crippen LogP contribution in [-0.4, -0.2) is 54.7 Å². The first kappa shape index (κ1) is 24.7. The zero-order valence-electron chi connectivity index (χ0n) is 21.8. The molecule has 39 heavy (non-hydrogen) atoms. The average molecular weight is 527 g/mol. The molecule has 12 nitrogen and oxygen atoms in total. The summed E-state index contributed by atoms with van der Waals surface area (Å²) in [6.07, 6.45) is 10.3. The van der Waals surface area contributed by atoms with Gasteiger partial charge in [-0.25, -0.2) is 24.9 Å². The molecule has 2 aliphatic rings. The number of aryl methyl sites for hydroxylation is 1. The Labute approximate surface area is 225 Å². The van der Waals surface area contributed by atoms with Crippen LogP contribution in [-0.2, 0) is 16.1 Å². The van der Waals surface area contributed by atoms with Gasteiger partial charge in [0.05, 0.1) is 24.5 Å². The topological polar surface area (TPSA) is 156 Å². The van der Waals surface area contributed by atoms with E-state index in [0.717, 1.165) is 29.1 Å². The molecule has 0 radical (unpaired) electrons. The minimum absolute atomic E-state index is 0.0340. The molecule has 2 fully saturated rings. The summed E-state index contributed by atoms with van der Waals surface area (Å²) in [6.45, 7) is 2.44. The van der Waals surface area contributed by atoms with Crippen molar-refractivity contribution in [1.82, 2.24) is 29.3 Å². The second kappa shape index (κ2) is 9.93. The van der Waals surface area contributed by atoms with E-state index in [0.29, 0.717) is 29.9 Å². The summed E-state index contributed by atoms with van der Waals surface area (Å²) < 4.78 is 2.00. The third-order valence-corrected chi connectivity index (χ3v) is 7.09. The fourth-order valence-electron chi connectivity index (χ4n) is 4.78. The number of hydrogen-bond acceptors (Lipinski definition) is 9. The van der Waals surface area contributed by atoms with Crippen LogP contribution in [0.15, 0.2) is 43.1 Å². The Morgan fingerprint density at radius 3 is 2.77 bits per heavy atom. The number of nitrogens with two attached hydrogens (primary N) is 1. The average Bonchev–Trinajstić information content (AvgIpc) is 3.83. The lowest BCUT2D eigenvalue weighted by Crippen LogP contribution is -2.22. The van der Waals surface area contributed by atoms with Gasteiger partial charge in [-0.3, -0.25) is 9.59 Å². The highest BCUT2D eigenvalue weighted by atomic mass is 16.2. The van der Waals surface area contributed by atoms with E-state index in [-0.39, 0.29) is 24.3 Å². The highest BCUT2D eigenvalue weighted by molar-refractivity contribution is 5.94. The number of nitrogens with zero attached hydrogens (tertiary/aromatic N) is 7. The Balaban J connectivity index is 1.14. The van der Waals surface area contributed by atoms with Gasteiger partial charge in [-0.2, -0.15) is 0 Å². The molecule has 4 aromatic heterocycles. The summed E-state index contributed by atoms with van der Waals surface area (Å²) in [4.78, 5) is 48.3. The molecule has 0 unspecified atom stereocenters. The van der Waals surface area contributed by atoms with Crippen molar-refractivity contribution in [3.8, 4) is 0 Å². The largest absolute Gasteiger partial charge is 0.373 e. The number of imidazole rings is 1. The highest BCUT2D eigenvalue weighted by Crippen LogP contribution is 2.46. The van der Waals surface area contributed by atoms with E-state index in [2.05, 4.69) is 42.8 Å². The number of pyridine rings is 1. The van der Waals surface area contributed by atoms with Crippen LogP contribution in [0, 0.1) is 12.8 Å². The molecule has 4 heterocycles. The molecule has 2 amide bonds. The van der Waals surface area contributed by atoms with E-state index in [9.17, 15) is 9.59 Å². The maximum absolute atomic E-state index is 12.8. The van der Waals surface area contributed by atoms with E-state index >= 15 is 0 Å². The van der Waals surface area contributed by atoms with Crippen LogP contribution in [0.3, 0.4) is 0 Å². The van der Waals surface area contributed by atoms with Crippen molar-refractivity contribution < 1.29 is 9.59 Å². The fourth-order valence-corrected chi connectivity index (χ4v) is 4.78. The molecule has 4 aromatic rings. The lowest BCUT2D eigenvalue weighted by molar-refractivity contribution is -0.117. The van der Waals surface area contributed by atoms with Gasteiger partial charge in [-0.05, 0) is 49.8 Å². The van der Waals surface area contributed by atoms with Crippen molar-refractivity contribution in [3.63, 3.8) is 0 Å². The molecular weight excluding hydrogens is 496 g/mol. The molecule has 2 aliphatic carbocycles. The Morgan fingerprint density at radius 1 is 1.15 bits per heavy atom. The number of anilines is 3. The van der Waals surface area contributed by atoms with Gasteiger partial charge in [0, 0.05) is 49.2 Å². The van der Waals surface area contributed by atoms with E-state index < -0.39 is 5.91 Å². The zero-order chi connectivity index (χ0) is 27.1. The van der Waals surface area contributed by atoms with Crippen molar-refractivity contribution in [2.75, 3.05) is 29.1 Å². The van der Waals surface area contributed by atoms with E-state index in [4.69, 9.17) is 10.7 Å². The molecule has 200 valence electrons. The van der Waals surface area contributed by atoms with Gasteiger partial charge in [0.2, 0.25) is 11.8 Å². The minimum atomic E-state index is -0.427. The third kappa shape index (κ3) is 5.49. The van der Waals surface area contributed by atoms with E-state index in [1.165, 1.54) is 24.7 Å². The van der Waals surface area contributed by atoms with Crippen LogP contribution in [0.2, 0.25) is 0 Å². The standard InChI is InChI=1S/C27H30N10O2/c1-15-5-6-29-25(33-15)19-8-20(19)27(39)35-23-9-24(32-14-31-23)36(2)12-18-13-37-11-17(16-3-4-16)7-21(26(37)34-18)30-10-22(28)38/h5-7,9,11,13-14,16,19-20,30H,3-4,8,10,12H2,1-2H3,(H2,28,38)(H,31,32,35,39)/t19-,20-/m0/s1. The van der Waals surface area contributed by atoms with Gasteiger partial charge >= 0.3 is 0 Å². The first-order valence-electron chi connectivity index (χ1n) is 13.0. The first-order valence-corrected chi connectivity index (χ1v) is 13.0. The molecular formula is C27H30N10O2. The Hall–Kier alpha value is -4.61. The molecule has 0 spiro atoms. The summed E-state index contributed by atoms with van der Waals surface area (Å²) in [5.74, 6) is 1.69. The highest BCUT2D eigenvalue weighted by Gasteiger charge is 2.46. The normalized spacial score (nSPS) is 18.1. The quantitative estimate of drug-likeness (QED) is 0.282. The smallest absolute Gasteiger partial charge is 0.236 e. The number of hydrogen-bond donors (Lipinski definition) is 3. The second-order valence-corrected chi connectivity index (χ2v) is 10.4. The van der Waals surface area contributed by atoms with Crippen LogP contribution < -0.4 is 21.3 Å². The van der Waals surface area contributed by atoms with E-state index in [1.807, 2.05) is 35.5 Å². The van der Waals surface area contributed by atoms with Crippen molar-refractivity contribution in [2.45, 2.75) is 44.6 Å². The van der Waals surface area contributed by atoms with Gasteiger partial charge in [-0.15, -0.1) is 0 Å². The summed E-state index contributed by atoms with van der Waals surface area (Å²) in [5.41, 5.74) is 9.81. The van der Waals surface area contributed by atoms with Crippen molar-refractivity contribution >= 4 is 34.8 Å². The molecule has 0 aromatic carbocycles. The van der Waals surface area contributed by atoms with Gasteiger partial charge < -0.3 is 25.7 Å². The predicted molar refractivity (Wildman–Crippen MR) is 145 cm³/mol. The first-order chi connectivity index (χ1) is 18.8. The lowest BCUT2D eigenvalue weighted by Gasteiger charge is -2.17. The van der Waals surface area contributed by atoms with Crippen LogP contribution in [0.1, 0.15) is 53.9 Å². The minimum Gasteiger partial charge on any atom is -0.373 e. The summed E-state index contributed by atoms with van der Waals surface area (Å²) >= 11 is 0. The van der Waals surface area contributed by atoms with Crippen LogP contribution in [0.25, 0.3) is 5.65 Å². The zero-order valence-corrected chi connectivity index (χ0v) is 21.8. The third-order valence-electron chi connectivity index (χ3n) is 7.09. The summed E-state index contributed by atoms with van der Waals surface area (Å²) in [7, 11) is 1.91. The number of aromatic nitrogens is 6. The Kier molecular flexibility index (Phi) is 6.29. The molecule has 4 N–H and O–H groups in total. The molecule has 6 rings (SSSR count).